The quantitative estimate of drug-likeness (QED) is 0.0384. The van der Waals surface area contributed by atoms with E-state index in [0.717, 1.165) is 123 Å². The summed E-state index contributed by atoms with van der Waals surface area (Å²) in [6.45, 7) is 9.03. The van der Waals surface area contributed by atoms with Gasteiger partial charge < -0.3 is 28.9 Å². The molecule has 8 nitrogen and oxygen atoms in total. The Morgan fingerprint density at radius 1 is 0.370 bits per heavy atom. The minimum absolute atomic E-state index is 0.514. The zero-order valence-electron chi connectivity index (χ0n) is 50.0. The molecule has 3 aliphatic rings. The molecular formula is C73H98N4O4. The van der Waals surface area contributed by atoms with Gasteiger partial charge in [0.25, 0.3) is 0 Å². The second-order valence-corrected chi connectivity index (χ2v) is 22.9. The lowest BCUT2D eigenvalue weighted by atomic mass is 10.0. The molecule has 0 saturated carbocycles. The average molecular weight is 1100 g/mol. The van der Waals surface area contributed by atoms with E-state index in [2.05, 4.69) is 140 Å². The van der Waals surface area contributed by atoms with Gasteiger partial charge in [-0.1, -0.05) is 231 Å². The number of unbranched alkanes of at least 4 members (excludes halogenated alkanes) is 27. The lowest BCUT2D eigenvalue weighted by Gasteiger charge is -2.13. The first kappa shape index (κ1) is 60.8. The van der Waals surface area contributed by atoms with Crippen LogP contribution in [0.4, 0.5) is 0 Å². The van der Waals surface area contributed by atoms with Crippen LogP contribution in [-0.2, 0) is 0 Å². The molecule has 8 heteroatoms. The van der Waals surface area contributed by atoms with Crippen molar-refractivity contribution in [3.05, 3.63) is 160 Å². The Hall–Kier alpha value is -6.28. The molecule has 3 aliphatic heterocycles. The highest BCUT2D eigenvalue weighted by Gasteiger charge is 2.23. The molecule has 5 aromatic rings. The summed E-state index contributed by atoms with van der Waals surface area (Å²) in [6.07, 6.45) is 47.0. The van der Waals surface area contributed by atoms with Gasteiger partial charge in [0, 0.05) is 33.5 Å². The Balaban J connectivity index is 1.03. The fourth-order valence-corrected chi connectivity index (χ4v) is 11.5. The number of rotatable bonds is 39. The van der Waals surface area contributed by atoms with E-state index in [1.807, 2.05) is 12.1 Å². The van der Waals surface area contributed by atoms with Crippen molar-refractivity contribution in [3.63, 3.8) is 0 Å². The number of allylic oxidation sites excluding steroid dienone is 3. The lowest BCUT2D eigenvalue weighted by Crippen LogP contribution is -2.21. The van der Waals surface area contributed by atoms with Crippen LogP contribution in [0.25, 0.3) is 16.7 Å². The number of hydrogen-bond donors (Lipinski definition) is 2. The van der Waals surface area contributed by atoms with Crippen molar-refractivity contribution >= 4 is 28.1 Å². The average Bonchev–Trinajstić information content (AvgIpc) is 4.37. The smallest absolute Gasteiger partial charge is 0.211 e. The van der Waals surface area contributed by atoms with Crippen molar-refractivity contribution in [2.75, 3.05) is 19.8 Å². The Labute approximate surface area is 487 Å². The first-order chi connectivity index (χ1) is 40.1. The molecule has 8 rings (SSSR count). The molecule has 5 heterocycles. The monoisotopic (exact) mass is 1090 g/mol. The van der Waals surface area contributed by atoms with Crippen LogP contribution in [0.15, 0.2) is 137 Å². The lowest BCUT2D eigenvalue weighted by molar-refractivity contribution is 0.254. The van der Waals surface area contributed by atoms with Gasteiger partial charge >= 0.3 is 0 Å². The summed E-state index contributed by atoms with van der Waals surface area (Å²) in [7, 11) is 0. The number of aromatic amines is 2. The van der Waals surface area contributed by atoms with E-state index in [0.29, 0.717) is 5.88 Å². The Bertz CT molecular complexity index is 2900. The highest BCUT2D eigenvalue weighted by Crippen LogP contribution is 2.35. The summed E-state index contributed by atoms with van der Waals surface area (Å²) >= 11 is 0. The van der Waals surface area contributed by atoms with Crippen LogP contribution < -0.4 is 29.6 Å². The van der Waals surface area contributed by atoms with Crippen molar-refractivity contribution in [1.29, 1.82) is 0 Å². The van der Waals surface area contributed by atoms with Crippen LogP contribution in [0.5, 0.6) is 23.1 Å². The van der Waals surface area contributed by atoms with E-state index in [9.17, 15) is 0 Å². The molecule has 2 aromatic heterocycles. The zero-order chi connectivity index (χ0) is 55.9. The summed E-state index contributed by atoms with van der Waals surface area (Å²) < 4.78 is 25.5. The van der Waals surface area contributed by atoms with E-state index in [1.165, 1.54) is 173 Å². The highest BCUT2D eigenvalue weighted by atomic mass is 16.5. The van der Waals surface area contributed by atoms with Crippen molar-refractivity contribution in [3.8, 4) is 23.1 Å². The molecule has 2 N–H and O–H groups in total. The summed E-state index contributed by atoms with van der Waals surface area (Å²) in [5, 5.41) is 1.91. The van der Waals surface area contributed by atoms with Crippen LogP contribution in [0.1, 0.15) is 236 Å². The van der Waals surface area contributed by atoms with Crippen LogP contribution in [-0.4, -0.2) is 47.4 Å². The van der Waals surface area contributed by atoms with Crippen molar-refractivity contribution in [1.82, 2.24) is 9.97 Å². The number of H-pyrrole nitrogens is 2. The first-order valence-corrected chi connectivity index (χ1v) is 32.4. The first-order valence-electron chi connectivity index (χ1n) is 32.4. The highest BCUT2D eigenvalue weighted by molar-refractivity contribution is 6.31. The Kier molecular flexibility index (Phi) is 26.2. The van der Waals surface area contributed by atoms with Crippen molar-refractivity contribution in [2.45, 2.75) is 220 Å². The number of benzene rings is 3. The zero-order valence-corrected chi connectivity index (χ0v) is 50.0. The van der Waals surface area contributed by atoms with Gasteiger partial charge in [0.1, 0.15) is 17.2 Å². The van der Waals surface area contributed by atoms with E-state index in [1.54, 1.807) is 0 Å². The fourth-order valence-electron chi connectivity index (χ4n) is 11.5. The second kappa shape index (κ2) is 34.9. The number of hydrogen-bond acceptors (Lipinski definition) is 6. The van der Waals surface area contributed by atoms with Gasteiger partial charge in [0.15, 0.2) is 5.88 Å². The fraction of sp³-hybridized carbons (Fsp3) is 0.507. The third-order valence-electron chi connectivity index (χ3n) is 16.2. The van der Waals surface area contributed by atoms with Crippen LogP contribution in [0, 0.1) is 0 Å². The second-order valence-electron chi connectivity index (χ2n) is 22.9. The Morgan fingerprint density at radius 3 is 1.17 bits per heavy atom. The molecule has 0 radical (unpaired) electrons. The van der Waals surface area contributed by atoms with Crippen molar-refractivity contribution < 1.29 is 18.9 Å². The van der Waals surface area contributed by atoms with Gasteiger partial charge in [-0.15, -0.1) is 0 Å². The summed E-state index contributed by atoms with van der Waals surface area (Å²) in [5.41, 5.74) is 9.55. The van der Waals surface area contributed by atoms with E-state index in [4.69, 9.17) is 28.9 Å². The largest absolute Gasteiger partial charge is 0.494 e. The predicted molar refractivity (Wildman–Crippen MR) is 341 cm³/mol. The predicted octanol–water partition coefficient (Wildman–Crippen LogP) is 18.8. The number of fused-ring (bicyclic) bond motifs is 6. The standard InChI is InChI=1S/C73H98N4O4/c1-4-7-10-13-16-19-22-25-28-31-54-78-60-40-34-57(35-41-60)71-63-46-48-65(74-63)72(58-36-42-61(43-37-58)79-55-32-29-26-23-20-17-14-11-8-5-2)67-50-52-69(76-67)81-70-53-51-68(77-70)73(66-49-47-64(71)75-66)59-38-44-62(45-39-59)80-56-33-30-27-24-21-18-15-12-9-6-3/h34-53,69,74,77H,4-33,54-56H2,1-3H3/b71-63-,72-65-,73-66-. The van der Waals surface area contributed by atoms with Gasteiger partial charge in [-0.3, -0.25) is 0 Å². The summed E-state index contributed by atoms with van der Waals surface area (Å²) in [6, 6.07) is 34.0. The van der Waals surface area contributed by atoms with Crippen molar-refractivity contribution in [2.24, 2.45) is 9.98 Å². The van der Waals surface area contributed by atoms with Gasteiger partial charge in [-0.05, 0) is 115 Å². The molecule has 1 atom stereocenters. The topological polar surface area (TPSA) is 93.2 Å². The molecule has 0 spiro atoms. The SMILES string of the molecule is CCCCCCCCCCCCOc1ccc(/C2=C3\C=CC(=N3)/C(c3ccc(OCCCCCCCCCCCC)cc3)=c3/cc/c([nH]3)=C(\c3ccc(OCCCCCCCCCCCC)cc3)C3=NC(C=C3)Oc3ccc2[nH]3)cc1. The maximum Gasteiger partial charge on any atom is 0.211 e. The minimum Gasteiger partial charge on any atom is -0.494 e. The van der Waals surface area contributed by atoms with Crippen LogP contribution >= 0.6 is 0 Å². The molecule has 1 unspecified atom stereocenters. The third kappa shape index (κ3) is 19.7. The number of ether oxygens (including phenoxy) is 4. The van der Waals surface area contributed by atoms with Gasteiger partial charge in [0.2, 0.25) is 6.23 Å². The van der Waals surface area contributed by atoms with Gasteiger partial charge in [-0.2, -0.15) is 0 Å². The molecular weight excluding hydrogens is 997 g/mol. The summed E-state index contributed by atoms with van der Waals surface area (Å²) in [4.78, 5) is 18.2. The molecule has 434 valence electrons. The molecule has 3 aromatic carbocycles. The van der Waals surface area contributed by atoms with Crippen LogP contribution in [0.3, 0.4) is 0 Å². The molecule has 8 bridgehead atoms. The van der Waals surface area contributed by atoms with Crippen LogP contribution in [0.2, 0.25) is 0 Å². The number of nitrogens with zero attached hydrogens (tertiary/aromatic N) is 2. The third-order valence-corrected chi connectivity index (χ3v) is 16.2. The van der Waals surface area contributed by atoms with E-state index >= 15 is 0 Å². The van der Waals surface area contributed by atoms with E-state index in [-0.39, 0.29) is 0 Å². The molecule has 0 amide bonds. The number of nitrogens with one attached hydrogen (secondary N) is 2. The van der Waals surface area contributed by atoms with Gasteiger partial charge in [-0.25, -0.2) is 9.98 Å². The maximum absolute atomic E-state index is 6.58. The number of aliphatic imine (C=N–C) groups is 2. The minimum atomic E-state index is -0.514. The molecule has 0 fully saturated rings. The Morgan fingerprint density at radius 2 is 0.753 bits per heavy atom. The normalized spacial score (nSPS) is 16.9. The molecule has 0 saturated heterocycles. The number of aromatic nitrogens is 2. The summed E-state index contributed by atoms with van der Waals surface area (Å²) in [5.74, 6) is 3.28. The molecule has 81 heavy (non-hydrogen) atoms. The molecule has 0 aliphatic carbocycles. The van der Waals surface area contributed by atoms with E-state index < -0.39 is 6.23 Å². The maximum atomic E-state index is 6.58. The van der Waals surface area contributed by atoms with Gasteiger partial charge in [0.05, 0.1) is 42.6 Å².